The Morgan fingerprint density at radius 1 is 1.11 bits per heavy atom. The topological polar surface area (TPSA) is 95.4 Å². The molecule has 1 atom stereocenters. The van der Waals surface area contributed by atoms with Crippen LogP contribution in [0.2, 0.25) is 10.0 Å². The molecule has 1 saturated heterocycles. The molecule has 1 fully saturated rings. The summed E-state index contributed by atoms with van der Waals surface area (Å²) in [4.78, 5) is 9.61. The molecule has 3 aromatic heterocycles. The fourth-order valence-electron chi connectivity index (χ4n) is 4.41. The van der Waals surface area contributed by atoms with Crippen LogP contribution in [0.5, 0.6) is 11.5 Å². The van der Waals surface area contributed by atoms with Crippen molar-refractivity contribution in [3.8, 4) is 22.8 Å². The number of fused-ring (bicyclic) bond motifs is 1. The monoisotopic (exact) mass is 542 g/mol. The van der Waals surface area contributed by atoms with E-state index in [1.165, 1.54) is 0 Å². The average Bonchev–Trinajstić information content (AvgIpc) is 3.33. The van der Waals surface area contributed by atoms with Gasteiger partial charge in [-0.1, -0.05) is 23.2 Å². The number of rotatable bonds is 8. The Morgan fingerprint density at radius 2 is 1.89 bits per heavy atom. The average molecular weight is 543 g/mol. The van der Waals surface area contributed by atoms with Gasteiger partial charge < -0.3 is 24.8 Å². The fraction of sp³-hybridized carbons (Fsp3) is 0.346. The van der Waals surface area contributed by atoms with Crippen molar-refractivity contribution in [1.82, 2.24) is 19.7 Å². The Labute approximate surface area is 225 Å². The maximum atomic E-state index is 6.72. The van der Waals surface area contributed by atoms with Crippen LogP contribution < -0.4 is 20.1 Å². The zero-order valence-corrected chi connectivity index (χ0v) is 22.4. The van der Waals surface area contributed by atoms with Crippen LogP contribution in [-0.2, 0) is 18.3 Å². The lowest BCUT2D eigenvalue weighted by Crippen LogP contribution is -2.30. The maximum absolute atomic E-state index is 6.72. The van der Waals surface area contributed by atoms with Crippen LogP contribution in [-0.4, -0.2) is 53.2 Å². The Morgan fingerprint density at radius 3 is 2.54 bits per heavy atom. The summed E-state index contributed by atoms with van der Waals surface area (Å²) >= 11 is 13.4. The highest BCUT2D eigenvalue weighted by Gasteiger charge is 2.22. The van der Waals surface area contributed by atoms with Crippen LogP contribution in [0.3, 0.4) is 0 Å². The minimum absolute atomic E-state index is 0.222. The van der Waals surface area contributed by atoms with E-state index in [-0.39, 0.29) is 6.04 Å². The zero-order chi connectivity index (χ0) is 25.9. The van der Waals surface area contributed by atoms with Crippen LogP contribution in [0.25, 0.3) is 22.0 Å². The van der Waals surface area contributed by atoms with Gasteiger partial charge in [-0.25, -0.2) is 9.97 Å². The zero-order valence-electron chi connectivity index (χ0n) is 20.8. The summed E-state index contributed by atoms with van der Waals surface area (Å²) < 4.78 is 18.3. The molecule has 1 aromatic carbocycles. The van der Waals surface area contributed by atoms with E-state index in [4.69, 9.17) is 42.4 Å². The Bertz CT molecular complexity index is 1390. The van der Waals surface area contributed by atoms with Crippen molar-refractivity contribution in [3.63, 3.8) is 0 Å². The van der Waals surface area contributed by atoms with Crippen molar-refractivity contribution in [2.45, 2.75) is 25.4 Å². The van der Waals surface area contributed by atoms with E-state index in [9.17, 15) is 0 Å². The van der Waals surface area contributed by atoms with Gasteiger partial charge in [-0.2, -0.15) is 5.10 Å². The van der Waals surface area contributed by atoms with Crippen LogP contribution in [0, 0.1) is 0 Å². The molecule has 0 spiro atoms. The third-order valence-electron chi connectivity index (χ3n) is 6.27. The second kappa shape index (κ2) is 11.0. The van der Waals surface area contributed by atoms with Crippen molar-refractivity contribution < 1.29 is 14.2 Å². The molecule has 0 radical (unpaired) electrons. The number of pyridine rings is 2. The van der Waals surface area contributed by atoms with Crippen LogP contribution in [0.1, 0.15) is 18.4 Å². The van der Waals surface area contributed by atoms with E-state index in [2.05, 4.69) is 20.7 Å². The van der Waals surface area contributed by atoms with Gasteiger partial charge in [0.25, 0.3) is 0 Å². The van der Waals surface area contributed by atoms with Crippen molar-refractivity contribution >= 4 is 45.6 Å². The molecule has 0 amide bonds. The molecule has 9 nitrogen and oxygen atoms in total. The number of methoxy groups -OCH3 is 2. The summed E-state index contributed by atoms with van der Waals surface area (Å²) in [6, 6.07) is 5.80. The summed E-state index contributed by atoms with van der Waals surface area (Å²) in [5.74, 6) is 2.31. The van der Waals surface area contributed by atoms with Gasteiger partial charge in [0.1, 0.15) is 23.1 Å². The highest BCUT2D eigenvalue weighted by Crippen LogP contribution is 2.46. The quantitative estimate of drug-likeness (QED) is 0.299. The highest BCUT2D eigenvalue weighted by atomic mass is 35.5. The van der Waals surface area contributed by atoms with Crippen molar-refractivity contribution in [2.24, 2.45) is 7.05 Å². The third kappa shape index (κ3) is 5.39. The molecular weight excluding hydrogens is 515 g/mol. The molecule has 0 saturated carbocycles. The number of aromatic nitrogens is 4. The third-order valence-corrected chi connectivity index (χ3v) is 7.03. The van der Waals surface area contributed by atoms with Crippen LogP contribution >= 0.6 is 23.2 Å². The van der Waals surface area contributed by atoms with E-state index < -0.39 is 0 Å². The second-order valence-electron chi connectivity index (χ2n) is 8.87. The first-order chi connectivity index (χ1) is 18.0. The number of hydrogen-bond acceptors (Lipinski definition) is 8. The largest absolute Gasteiger partial charge is 0.495 e. The molecule has 2 N–H and O–H groups in total. The molecule has 4 heterocycles. The van der Waals surface area contributed by atoms with E-state index in [1.807, 2.05) is 37.8 Å². The predicted molar refractivity (Wildman–Crippen MR) is 146 cm³/mol. The molecular formula is C26H28Cl2N6O3. The molecule has 0 unspecified atom stereocenters. The normalized spacial score (nSPS) is 15.5. The number of nitrogens with one attached hydrogen (secondary N) is 2. The summed E-state index contributed by atoms with van der Waals surface area (Å²) in [6.07, 6.45) is 7.66. The SMILES string of the molecule is COc1cc(OC)c(Cl)c(-c2cc3cnc(N[C@H]4CCCOC4)cc3c(NCc3cnn(C)c3)n2)c1Cl. The summed E-state index contributed by atoms with van der Waals surface area (Å²) in [5.41, 5.74) is 2.11. The van der Waals surface area contributed by atoms with Gasteiger partial charge >= 0.3 is 0 Å². The maximum Gasteiger partial charge on any atom is 0.141 e. The molecule has 4 aromatic rings. The van der Waals surface area contributed by atoms with Gasteiger partial charge in [0.15, 0.2) is 0 Å². The molecule has 37 heavy (non-hydrogen) atoms. The number of aryl methyl sites for hydroxylation is 1. The van der Waals surface area contributed by atoms with Crippen LogP contribution in [0.15, 0.2) is 36.8 Å². The van der Waals surface area contributed by atoms with Gasteiger partial charge in [0, 0.05) is 60.6 Å². The first-order valence-electron chi connectivity index (χ1n) is 11.9. The number of ether oxygens (including phenoxy) is 3. The molecule has 1 aliphatic rings. The number of nitrogens with zero attached hydrogens (tertiary/aromatic N) is 4. The lowest BCUT2D eigenvalue weighted by molar-refractivity contribution is 0.0875. The lowest BCUT2D eigenvalue weighted by atomic mass is 10.1. The van der Waals surface area contributed by atoms with E-state index in [1.54, 1.807) is 25.0 Å². The van der Waals surface area contributed by atoms with Gasteiger partial charge in [0.05, 0.1) is 48.8 Å². The van der Waals surface area contributed by atoms with Crippen LogP contribution in [0.4, 0.5) is 11.6 Å². The number of anilines is 2. The first-order valence-corrected chi connectivity index (χ1v) is 12.7. The fourth-order valence-corrected chi connectivity index (χ4v) is 5.11. The van der Waals surface area contributed by atoms with Gasteiger partial charge in [-0.15, -0.1) is 0 Å². The second-order valence-corrected chi connectivity index (χ2v) is 9.62. The molecule has 194 valence electrons. The minimum Gasteiger partial charge on any atom is -0.495 e. The first kappa shape index (κ1) is 25.4. The molecule has 5 rings (SSSR count). The van der Waals surface area contributed by atoms with Crippen molar-refractivity contribution in [1.29, 1.82) is 0 Å². The van der Waals surface area contributed by atoms with Crippen molar-refractivity contribution in [3.05, 3.63) is 52.4 Å². The summed E-state index contributed by atoms with van der Waals surface area (Å²) in [5, 5.41) is 13.7. The van der Waals surface area contributed by atoms with Gasteiger partial charge in [-0.05, 0) is 25.0 Å². The Balaban J connectivity index is 1.60. The standard InChI is InChI=1S/C26H28Cl2N6O3/c1-34-13-15(11-31-34)10-30-26-18-8-22(32-17-5-4-6-37-14-17)29-12-16(18)7-19(33-26)23-24(27)20(35-2)9-21(36-3)25(23)28/h7-9,11-13,17H,4-6,10,14H2,1-3H3,(H,29,32)(H,30,33)/t17-/m0/s1. The van der Waals surface area contributed by atoms with Gasteiger partial charge in [-0.3, -0.25) is 4.68 Å². The Hall–Kier alpha value is -3.27. The number of halogens is 2. The van der Waals surface area contributed by atoms with Gasteiger partial charge in [0.2, 0.25) is 0 Å². The van der Waals surface area contributed by atoms with E-state index in [0.29, 0.717) is 51.8 Å². The molecule has 11 heteroatoms. The van der Waals surface area contributed by atoms with Crippen molar-refractivity contribution in [2.75, 3.05) is 38.1 Å². The number of hydrogen-bond donors (Lipinski definition) is 2. The molecule has 0 bridgehead atoms. The molecule has 1 aliphatic heterocycles. The number of benzene rings is 1. The Kier molecular flexibility index (Phi) is 7.55. The summed E-state index contributed by atoms with van der Waals surface area (Å²) in [7, 11) is 4.97. The lowest BCUT2D eigenvalue weighted by Gasteiger charge is -2.24. The minimum atomic E-state index is 0.222. The smallest absolute Gasteiger partial charge is 0.141 e. The summed E-state index contributed by atoms with van der Waals surface area (Å²) in [6.45, 7) is 2.00. The predicted octanol–water partition coefficient (Wildman–Crippen LogP) is 5.56. The highest BCUT2D eigenvalue weighted by molar-refractivity contribution is 6.41. The van der Waals surface area contributed by atoms with E-state index in [0.717, 1.165) is 41.6 Å². The van der Waals surface area contributed by atoms with E-state index >= 15 is 0 Å². The molecule has 0 aliphatic carbocycles.